The fourth-order valence-corrected chi connectivity index (χ4v) is 1.85. The van der Waals surface area contributed by atoms with Crippen molar-refractivity contribution in [2.45, 2.75) is 26.9 Å². The lowest BCUT2D eigenvalue weighted by Crippen LogP contribution is -2.41. The van der Waals surface area contributed by atoms with E-state index < -0.39 is 0 Å². The molecule has 1 aliphatic heterocycles. The lowest BCUT2D eigenvalue weighted by Gasteiger charge is -2.32. The van der Waals surface area contributed by atoms with Gasteiger partial charge in [0.05, 0.1) is 12.2 Å². The minimum atomic E-state index is 0.0585. The molecule has 3 nitrogen and oxygen atoms in total. The fourth-order valence-electron chi connectivity index (χ4n) is 1.85. The number of benzene rings is 1. The molecule has 0 radical (unpaired) electrons. The highest BCUT2D eigenvalue weighted by Crippen LogP contribution is 2.34. The summed E-state index contributed by atoms with van der Waals surface area (Å²) < 4.78 is 5.70. The van der Waals surface area contributed by atoms with E-state index in [1.807, 2.05) is 32.0 Å². The Morgan fingerprint density at radius 1 is 1.53 bits per heavy atom. The molecule has 0 aliphatic carbocycles. The molecule has 1 aromatic carbocycles. The van der Waals surface area contributed by atoms with Crippen LogP contribution >= 0.6 is 0 Å². The Labute approximate surface area is 89.7 Å². The first-order chi connectivity index (χ1) is 7.08. The maximum atomic E-state index is 11.5. The lowest BCUT2D eigenvalue weighted by atomic mass is 10.1. The number of carbonyl (C=O) groups is 1. The van der Waals surface area contributed by atoms with E-state index >= 15 is 0 Å². The van der Waals surface area contributed by atoms with Crippen molar-refractivity contribution in [1.29, 1.82) is 0 Å². The van der Waals surface area contributed by atoms with Crippen LogP contribution in [0.5, 0.6) is 5.75 Å². The first-order valence-corrected chi connectivity index (χ1v) is 5.13. The zero-order valence-electron chi connectivity index (χ0n) is 9.28. The van der Waals surface area contributed by atoms with Crippen molar-refractivity contribution in [3.05, 3.63) is 23.8 Å². The third-order valence-corrected chi connectivity index (χ3v) is 2.55. The summed E-state index contributed by atoms with van der Waals surface area (Å²) >= 11 is 0. The average Bonchev–Trinajstić information content (AvgIpc) is 2.15. The maximum absolute atomic E-state index is 11.5. The summed E-state index contributed by atoms with van der Waals surface area (Å²) in [4.78, 5) is 13.2. The van der Waals surface area contributed by atoms with E-state index in [0.29, 0.717) is 6.54 Å². The molecule has 3 heteroatoms. The minimum absolute atomic E-state index is 0.0585. The standard InChI is InChI=1S/C12H15NO2/c1-8-4-5-11-12(6-8)15-9(2)7-13(11)10(3)14/h4-6,9H,7H2,1-3H3/t9-/m1/s1. The summed E-state index contributed by atoms with van der Waals surface area (Å²) in [6.07, 6.45) is 0.0585. The van der Waals surface area contributed by atoms with Crippen molar-refractivity contribution in [2.75, 3.05) is 11.4 Å². The number of nitrogens with zero attached hydrogens (tertiary/aromatic N) is 1. The number of carbonyl (C=O) groups excluding carboxylic acids is 1. The molecule has 0 spiro atoms. The number of hydrogen-bond donors (Lipinski definition) is 0. The third-order valence-electron chi connectivity index (χ3n) is 2.55. The molecular formula is C12H15NO2. The van der Waals surface area contributed by atoms with Crippen LogP contribution in [0, 0.1) is 6.92 Å². The van der Waals surface area contributed by atoms with Gasteiger partial charge in [0.25, 0.3) is 0 Å². The van der Waals surface area contributed by atoms with Crippen molar-refractivity contribution in [3.63, 3.8) is 0 Å². The zero-order valence-corrected chi connectivity index (χ0v) is 9.28. The number of anilines is 1. The predicted octanol–water partition coefficient (Wildman–Crippen LogP) is 2.13. The molecule has 1 aromatic rings. The first kappa shape index (κ1) is 10.0. The molecule has 0 unspecified atom stereocenters. The van der Waals surface area contributed by atoms with E-state index in [0.717, 1.165) is 17.0 Å². The second kappa shape index (κ2) is 3.57. The normalized spacial score (nSPS) is 19.4. The molecule has 0 saturated heterocycles. The van der Waals surface area contributed by atoms with Gasteiger partial charge in [-0.25, -0.2) is 0 Å². The second-order valence-corrected chi connectivity index (χ2v) is 4.03. The van der Waals surface area contributed by atoms with E-state index in [1.54, 1.807) is 11.8 Å². The van der Waals surface area contributed by atoms with Crippen LogP contribution in [-0.2, 0) is 4.79 Å². The van der Waals surface area contributed by atoms with Gasteiger partial charge in [-0.2, -0.15) is 0 Å². The summed E-state index contributed by atoms with van der Waals surface area (Å²) in [5.41, 5.74) is 2.03. The van der Waals surface area contributed by atoms with Gasteiger partial charge in [0.2, 0.25) is 5.91 Å². The van der Waals surface area contributed by atoms with Gasteiger partial charge in [-0.05, 0) is 31.5 Å². The highest BCUT2D eigenvalue weighted by atomic mass is 16.5. The van der Waals surface area contributed by atoms with E-state index in [2.05, 4.69) is 0 Å². The van der Waals surface area contributed by atoms with Crippen molar-refractivity contribution >= 4 is 11.6 Å². The van der Waals surface area contributed by atoms with Gasteiger partial charge in [-0.3, -0.25) is 4.79 Å². The lowest BCUT2D eigenvalue weighted by molar-refractivity contribution is -0.117. The molecule has 0 bridgehead atoms. The van der Waals surface area contributed by atoms with E-state index in [9.17, 15) is 4.79 Å². The summed E-state index contributed by atoms with van der Waals surface area (Å²) in [5, 5.41) is 0. The quantitative estimate of drug-likeness (QED) is 0.649. The largest absolute Gasteiger partial charge is 0.487 e. The summed E-state index contributed by atoms with van der Waals surface area (Å²) in [5.74, 6) is 0.874. The SMILES string of the molecule is CC(=O)N1C[C@@H](C)Oc2cc(C)ccc21. The average molecular weight is 205 g/mol. The molecule has 1 heterocycles. The van der Waals surface area contributed by atoms with Crippen LogP contribution in [0.3, 0.4) is 0 Å². The van der Waals surface area contributed by atoms with Gasteiger partial charge >= 0.3 is 0 Å². The van der Waals surface area contributed by atoms with E-state index in [1.165, 1.54) is 0 Å². The van der Waals surface area contributed by atoms with Crippen LogP contribution in [0.15, 0.2) is 18.2 Å². The third kappa shape index (κ3) is 1.82. The Morgan fingerprint density at radius 3 is 2.93 bits per heavy atom. The Kier molecular flexibility index (Phi) is 2.39. The molecule has 15 heavy (non-hydrogen) atoms. The van der Waals surface area contributed by atoms with Crippen molar-refractivity contribution < 1.29 is 9.53 Å². The second-order valence-electron chi connectivity index (χ2n) is 4.03. The minimum Gasteiger partial charge on any atom is -0.487 e. The highest BCUT2D eigenvalue weighted by molar-refractivity contribution is 5.93. The predicted molar refractivity (Wildman–Crippen MR) is 59.3 cm³/mol. The number of ether oxygens (including phenoxy) is 1. The summed E-state index contributed by atoms with van der Waals surface area (Å²) in [6, 6.07) is 5.91. The van der Waals surface area contributed by atoms with Crippen LogP contribution in [-0.4, -0.2) is 18.6 Å². The molecule has 1 amide bonds. The van der Waals surface area contributed by atoms with Crippen LogP contribution in [0.4, 0.5) is 5.69 Å². The van der Waals surface area contributed by atoms with Crippen LogP contribution in [0.25, 0.3) is 0 Å². The number of hydrogen-bond acceptors (Lipinski definition) is 2. The van der Waals surface area contributed by atoms with Crippen LogP contribution in [0.1, 0.15) is 19.4 Å². The van der Waals surface area contributed by atoms with Gasteiger partial charge in [-0.15, -0.1) is 0 Å². The molecule has 1 aliphatic rings. The van der Waals surface area contributed by atoms with Crippen LogP contribution < -0.4 is 9.64 Å². The summed E-state index contributed by atoms with van der Waals surface area (Å²) in [7, 11) is 0. The molecule has 0 saturated carbocycles. The van der Waals surface area contributed by atoms with E-state index in [-0.39, 0.29) is 12.0 Å². The molecular weight excluding hydrogens is 190 g/mol. The van der Waals surface area contributed by atoms with Crippen molar-refractivity contribution in [3.8, 4) is 5.75 Å². The smallest absolute Gasteiger partial charge is 0.224 e. The zero-order chi connectivity index (χ0) is 11.0. The first-order valence-electron chi connectivity index (χ1n) is 5.13. The maximum Gasteiger partial charge on any atom is 0.224 e. The number of amides is 1. The van der Waals surface area contributed by atoms with Gasteiger partial charge in [0, 0.05) is 6.92 Å². The molecule has 0 aromatic heterocycles. The topological polar surface area (TPSA) is 29.5 Å². The van der Waals surface area contributed by atoms with Crippen LogP contribution in [0.2, 0.25) is 0 Å². The molecule has 0 fully saturated rings. The number of rotatable bonds is 0. The molecule has 2 rings (SSSR count). The van der Waals surface area contributed by atoms with Crippen molar-refractivity contribution in [1.82, 2.24) is 0 Å². The van der Waals surface area contributed by atoms with Gasteiger partial charge in [-0.1, -0.05) is 6.07 Å². The summed E-state index contributed by atoms with van der Waals surface area (Å²) in [6.45, 7) is 6.20. The van der Waals surface area contributed by atoms with Gasteiger partial charge in [0.1, 0.15) is 11.9 Å². The van der Waals surface area contributed by atoms with Gasteiger partial charge in [0.15, 0.2) is 0 Å². The number of aryl methyl sites for hydroxylation is 1. The fraction of sp³-hybridized carbons (Fsp3) is 0.417. The highest BCUT2D eigenvalue weighted by Gasteiger charge is 2.25. The Morgan fingerprint density at radius 2 is 2.27 bits per heavy atom. The molecule has 1 atom stereocenters. The Balaban J connectivity index is 2.46. The molecule has 80 valence electrons. The number of fused-ring (bicyclic) bond motifs is 1. The molecule has 0 N–H and O–H groups in total. The van der Waals surface area contributed by atoms with E-state index in [4.69, 9.17) is 4.74 Å². The Bertz CT molecular complexity index is 401. The monoisotopic (exact) mass is 205 g/mol. The van der Waals surface area contributed by atoms with Crippen molar-refractivity contribution in [2.24, 2.45) is 0 Å². The van der Waals surface area contributed by atoms with Gasteiger partial charge < -0.3 is 9.64 Å². The Hall–Kier alpha value is -1.51.